The molecule has 6 heteroatoms. The van der Waals surface area contributed by atoms with Gasteiger partial charge in [0.25, 0.3) is 5.91 Å². The molecule has 0 heterocycles. The summed E-state index contributed by atoms with van der Waals surface area (Å²) in [7, 11) is 0. The van der Waals surface area contributed by atoms with Crippen LogP contribution in [-0.2, 0) is 16.0 Å². The standard InChI is InChI=1S/C20H22N2O4/c1-3-15-7-4-5-10-18(15)22-19(24)12-21-20(25)13-26-17-9-6-8-16(11-17)14(2)23/h4-11H,3,12-13H2,1-2H3,(H,21,25)(H,22,24). The van der Waals surface area contributed by atoms with Gasteiger partial charge in [0.15, 0.2) is 12.4 Å². The highest BCUT2D eigenvalue weighted by atomic mass is 16.5. The molecule has 6 nitrogen and oxygen atoms in total. The van der Waals surface area contributed by atoms with Crippen molar-refractivity contribution in [2.45, 2.75) is 20.3 Å². The Hall–Kier alpha value is -3.15. The van der Waals surface area contributed by atoms with E-state index in [1.54, 1.807) is 24.3 Å². The normalized spacial score (nSPS) is 10.1. The highest BCUT2D eigenvalue weighted by Crippen LogP contribution is 2.15. The Morgan fingerprint density at radius 2 is 1.77 bits per heavy atom. The van der Waals surface area contributed by atoms with E-state index in [1.165, 1.54) is 6.92 Å². The van der Waals surface area contributed by atoms with Gasteiger partial charge >= 0.3 is 0 Å². The molecule has 0 aliphatic heterocycles. The first-order valence-corrected chi connectivity index (χ1v) is 8.38. The number of hydrogen-bond acceptors (Lipinski definition) is 4. The van der Waals surface area contributed by atoms with Gasteiger partial charge in [-0.1, -0.05) is 37.3 Å². The third-order valence-corrected chi connectivity index (χ3v) is 3.73. The second kappa shape index (κ2) is 9.36. The van der Waals surface area contributed by atoms with Gasteiger partial charge in [-0.15, -0.1) is 0 Å². The van der Waals surface area contributed by atoms with E-state index in [0.717, 1.165) is 17.7 Å². The number of ketones is 1. The van der Waals surface area contributed by atoms with Crippen LogP contribution < -0.4 is 15.4 Å². The number of para-hydroxylation sites is 1. The number of carbonyl (C=O) groups is 3. The maximum absolute atomic E-state index is 12.0. The molecule has 0 saturated heterocycles. The molecule has 0 radical (unpaired) electrons. The molecule has 2 aromatic rings. The van der Waals surface area contributed by atoms with Crippen LogP contribution in [0.2, 0.25) is 0 Å². The summed E-state index contributed by atoms with van der Waals surface area (Å²) in [6, 6.07) is 14.1. The van der Waals surface area contributed by atoms with Crippen LogP contribution in [0.15, 0.2) is 48.5 Å². The minimum atomic E-state index is -0.419. The molecule has 0 spiro atoms. The van der Waals surface area contributed by atoms with Gasteiger partial charge in [0, 0.05) is 11.3 Å². The van der Waals surface area contributed by atoms with Gasteiger partial charge in [0.2, 0.25) is 5.91 Å². The van der Waals surface area contributed by atoms with Crippen LogP contribution in [0, 0.1) is 0 Å². The Kier molecular flexibility index (Phi) is 6.91. The lowest BCUT2D eigenvalue weighted by Crippen LogP contribution is -2.35. The number of anilines is 1. The quantitative estimate of drug-likeness (QED) is 0.714. The minimum absolute atomic E-state index is 0.0797. The molecule has 0 aromatic heterocycles. The first-order valence-electron chi connectivity index (χ1n) is 8.38. The van der Waals surface area contributed by atoms with Crippen molar-refractivity contribution in [3.05, 3.63) is 59.7 Å². The molecule has 136 valence electrons. The number of hydrogen-bond donors (Lipinski definition) is 2. The number of amides is 2. The van der Waals surface area contributed by atoms with Gasteiger partial charge in [-0.2, -0.15) is 0 Å². The summed E-state index contributed by atoms with van der Waals surface area (Å²) in [5.74, 6) is -0.381. The van der Waals surface area contributed by atoms with Crippen molar-refractivity contribution >= 4 is 23.3 Å². The predicted octanol–water partition coefficient (Wildman–Crippen LogP) is 2.59. The summed E-state index contributed by atoms with van der Waals surface area (Å²) >= 11 is 0. The molecule has 0 aliphatic rings. The summed E-state index contributed by atoms with van der Waals surface area (Å²) in [5, 5.41) is 5.28. The Bertz CT molecular complexity index is 802. The molecule has 2 aromatic carbocycles. The number of carbonyl (C=O) groups excluding carboxylic acids is 3. The van der Waals surface area contributed by atoms with Crippen molar-refractivity contribution in [1.82, 2.24) is 5.32 Å². The lowest BCUT2D eigenvalue weighted by molar-refractivity contribution is -0.125. The van der Waals surface area contributed by atoms with E-state index in [9.17, 15) is 14.4 Å². The average Bonchev–Trinajstić information content (AvgIpc) is 2.65. The molecule has 0 unspecified atom stereocenters. The molecule has 0 aliphatic carbocycles. The number of nitrogens with one attached hydrogen (secondary N) is 2. The zero-order chi connectivity index (χ0) is 18.9. The topological polar surface area (TPSA) is 84.5 Å². The second-order valence-electron chi connectivity index (χ2n) is 5.71. The zero-order valence-electron chi connectivity index (χ0n) is 14.9. The minimum Gasteiger partial charge on any atom is -0.484 e. The summed E-state index contributed by atoms with van der Waals surface area (Å²) in [6.07, 6.45) is 0.802. The molecular weight excluding hydrogens is 332 g/mol. The van der Waals surface area contributed by atoms with E-state index >= 15 is 0 Å². The Balaban J connectivity index is 1.78. The van der Waals surface area contributed by atoms with E-state index in [1.807, 2.05) is 31.2 Å². The fourth-order valence-corrected chi connectivity index (χ4v) is 2.33. The third-order valence-electron chi connectivity index (χ3n) is 3.73. The van der Waals surface area contributed by atoms with E-state index < -0.39 is 5.91 Å². The van der Waals surface area contributed by atoms with E-state index in [4.69, 9.17) is 4.74 Å². The van der Waals surface area contributed by atoms with Crippen molar-refractivity contribution in [3.63, 3.8) is 0 Å². The molecule has 2 N–H and O–H groups in total. The fraction of sp³-hybridized carbons (Fsp3) is 0.250. The maximum atomic E-state index is 12.0. The van der Waals surface area contributed by atoms with E-state index in [2.05, 4.69) is 10.6 Å². The van der Waals surface area contributed by atoms with Crippen LogP contribution in [-0.4, -0.2) is 30.7 Å². The summed E-state index contributed by atoms with van der Waals surface area (Å²) in [6.45, 7) is 3.08. The van der Waals surface area contributed by atoms with Crippen LogP contribution in [0.5, 0.6) is 5.75 Å². The fourth-order valence-electron chi connectivity index (χ4n) is 2.33. The molecule has 2 amide bonds. The Labute approximate surface area is 152 Å². The van der Waals surface area contributed by atoms with Crippen molar-refractivity contribution < 1.29 is 19.1 Å². The number of ether oxygens (including phenoxy) is 1. The van der Waals surface area contributed by atoms with Gasteiger partial charge in [-0.3, -0.25) is 14.4 Å². The van der Waals surface area contributed by atoms with Crippen molar-refractivity contribution in [2.75, 3.05) is 18.5 Å². The van der Waals surface area contributed by atoms with Crippen LogP contribution in [0.3, 0.4) is 0 Å². The summed E-state index contributed by atoms with van der Waals surface area (Å²) in [4.78, 5) is 35.1. The van der Waals surface area contributed by atoms with Gasteiger partial charge in [0.1, 0.15) is 5.75 Å². The van der Waals surface area contributed by atoms with Crippen molar-refractivity contribution in [3.8, 4) is 5.75 Å². The number of benzene rings is 2. The largest absolute Gasteiger partial charge is 0.484 e. The van der Waals surface area contributed by atoms with E-state index in [0.29, 0.717) is 11.3 Å². The molecule has 0 atom stereocenters. The summed E-state index contributed by atoms with van der Waals surface area (Å²) < 4.78 is 5.35. The van der Waals surface area contributed by atoms with Gasteiger partial charge in [0.05, 0.1) is 6.54 Å². The average molecular weight is 354 g/mol. The molecule has 0 fully saturated rings. The van der Waals surface area contributed by atoms with Crippen molar-refractivity contribution in [2.24, 2.45) is 0 Å². The zero-order valence-corrected chi connectivity index (χ0v) is 14.9. The highest BCUT2D eigenvalue weighted by molar-refractivity contribution is 5.95. The highest BCUT2D eigenvalue weighted by Gasteiger charge is 2.09. The number of Topliss-reactive ketones (excluding diaryl/α,β-unsaturated/α-hetero) is 1. The predicted molar refractivity (Wildman–Crippen MR) is 99.4 cm³/mol. The van der Waals surface area contributed by atoms with Gasteiger partial charge in [-0.05, 0) is 37.1 Å². The molecular formula is C20H22N2O4. The van der Waals surface area contributed by atoms with Crippen LogP contribution in [0.1, 0.15) is 29.8 Å². The molecule has 2 rings (SSSR count). The molecule has 26 heavy (non-hydrogen) atoms. The van der Waals surface area contributed by atoms with Crippen LogP contribution in [0.4, 0.5) is 5.69 Å². The van der Waals surface area contributed by atoms with Crippen LogP contribution >= 0.6 is 0 Å². The van der Waals surface area contributed by atoms with E-state index in [-0.39, 0.29) is 24.8 Å². The second-order valence-corrected chi connectivity index (χ2v) is 5.71. The van der Waals surface area contributed by atoms with Crippen LogP contribution in [0.25, 0.3) is 0 Å². The Morgan fingerprint density at radius 1 is 1.00 bits per heavy atom. The van der Waals surface area contributed by atoms with Gasteiger partial charge in [-0.25, -0.2) is 0 Å². The third kappa shape index (κ3) is 5.73. The first-order chi connectivity index (χ1) is 12.5. The maximum Gasteiger partial charge on any atom is 0.258 e. The first kappa shape index (κ1) is 19.2. The summed E-state index contributed by atoms with van der Waals surface area (Å²) in [5.41, 5.74) is 2.28. The lowest BCUT2D eigenvalue weighted by atomic mass is 10.1. The molecule has 0 saturated carbocycles. The SMILES string of the molecule is CCc1ccccc1NC(=O)CNC(=O)COc1cccc(C(C)=O)c1. The smallest absolute Gasteiger partial charge is 0.258 e. The Morgan fingerprint density at radius 3 is 2.50 bits per heavy atom. The van der Waals surface area contributed by atoms with Crippen molar-refractivity contribution in [1.29, 1.82) is 0 Å². The number of rotatable bonds is 8. The molecule has 0 bridgehead atoms. The lowest BCUT2D eigenvalue weighted by Gasteiger charge is -2.11. The van der Waals surface area contributed by atoms with Gasteiger partial charge < -0.3 is 15.4 Å². The monoisotopic (exact) mass is 354 g/mol. The number of aryl methyl sites for hydroxylation is 1.